The average Bonchev–Trinajstić information content (AvgIpc) is 2.78. The molecule has 1 aliphatic heterocycles. The van der Waals surface area contributed by atoms with Crippen LogP contribution in [0.5, 0.6) is 0 Å². The van der Waals surface area contributed by atoms with Crippen molar-refractivity contribution in [3.63, 3.8) is 0 Å². The Balaban J connectivity index is 1.63. The van der Waals surface area contributed by atoms with Gasteiger partial charge >= 0.3 is 0 Å². The van der Waals surface area contributed by atoms with E-state index >= 15 is 0 Å². The number of rotatable bonds is 5. The SMILES string of the molecule is Cc1ccc(C(=O)Nc2ccc(N3CCc4ccccc4C3)c(C(=O)NC(C)C)c2)cc1. The van der Waals surface area contributed by atoms with Gasteiger partial charge in [0.05, 0.1) is 5.56 Å². The molecule has 0 saturated heterocycles. The molecule has 164 valence electrons. The number of carbonyl (C=O) groups excluding carboxylic acids is 2. The molecule has 0 saturated carbocycles. The Bertz CT molecular complexity index is 1140. The van der Waals surface area contributed by atoms with E-state index in [9.17, 15) is 9.59 Å². The number of hydrogen-bond donors (Lipinski definition) is 2. The fraction of sp³-hybridized carbons (Fsp3) is 0.259. The van der Waals surface area contributed by atoms with Crippen molar-refractivity contribution >= 4 is 23.2 Å². The molecule has 0 atom stereocenters. The summed E-state index contributed by atoms with van der Waals surface area (Å²) in [6.45, 7) is 7.47. The van der Waals surface area contributed by atoms with E-state index in [1.54, 1.807) is 18.2 Å². The van der Waals surface area contributed by atoms with Gasteiger partial charge < -0.3 is 15.5 Å². The maximum absolute atomic E-state index is 13.1. The molecule has 0 radical (unpaired) electrons. The van der Waals surface area contributed by atoms with Gasteiger partial charge in [-0.3, -0.25) is 9.59 Å². The maximum atomic E-state index is 13.1. The molecule has 0 fully saturated rings. The van der Waals surface area contributed by atoms with Crippen LogP contribution in [-0.2, 0) is 13.0 Å². The van der Waals surface area contributed by atoms with Crippen molar-refractivity contribution in [3.8, 4) is 0 Å². The number of aryl methyl sites for hydroxylation is 1. The van der Waals surface area contributed by atoms with Crippen LogP contribution in [0, 0.1) is 6.92 Å². The van der Waals surface area contributed by atoms with Gasteiger partial charge in [0.15, 0.2) is 0 Å². The van der Waals surface area contributed by atoms with Crippen LogP contribution < -0.4 is 15.5 Å². The number of amides is 2. The molecule has 3 aromatic rings. The Hall–Kier alpha value is -3.60. The van der Waals surface area contributed by atoms with Crippen molar-refractivity contribution in [2.75, 3.05) is 16.8 Å². The lowest BCUT2D eigenvalue weighted by Crippen LogP contribution is -2.35. The molecule has 1 aliphatic rings. The number of nitrogens with one attached hydrogen (secondary N) is 2. The third-order valence-corrected chi connectivity index (χ3v) is 5.70. The molecular formula is C27H29N3O2. The van der Waals surface area contributed by atoms with Crippen molar-refractivity contribution < 1.29 is 9.59 Å². The highest BCUT2D eigenvalue weighted by atomic mass is 16.2. The van der Waals surface area contributed by atoms with Crippen LogP contribution in [0.2, 0.25) is 0 Å². The first kappa shape index (κ1) is 21.6. The van der Waals surface area contributed by atoms with Gasteiger partial charge in [0.1, 0.15) is 0 Å². The number of carbonyl (C=O) groups is 2. The topological polar surface area (TPSA) is 61.4 Å². The van der Waals surface area contributed by atoms with Crippen LogP contribution >= 0.6 is 0 Å². The fourth-order valence-corrected chi connectivity index (χ4v) is 4.02. The van der Waals surface area contributed by atoms with Gasteiger partial charge in [-0.25, -0.2) is 0 Å². The van der Waals surface area contributed by atoms with Crippen LogP contribution in [0.4, 0.5) is 11.4 Å². The second-order valence-electron chi connectivity index (χ2n) is 8.62. The minimum atomic E-state index is -0.195. The zero-order valence-corrected chi connectivity index (χ0v) is 18.8. The lowest BCUT2D eigenvalue weighted by atomic mass is 9.98. The van der Waals surface area contributed by atoms with Crippen LogP contribution in [0.25, 0.3) is 0 Å². The van der Waals surface area contributed by atoms with Gasteiger partial charge in [-0.05, 0) is 68.7 Å². The zero-order valence-electron chi connectivity index (χ0n) is 18.8. The molecule has 3 aromatic carbocycles. The first-order valence-electron chi connectivity index (χ1n) is 11.1. The molecule has 32 heavy (non-hydrogen) atoms. The minimum Gasteiger partial charge on any atom is -0.366 e. The molecule has 0 unspecified atom stereocenters. The molecule has 2 amide bonds. The summed E-state index contributed by atoms with van der Waals surface area (Å²) in [6.07, 6.45) is 0.938. The standard InChI is InChI=1S/C27H29N3O2/c1-18(2)28-27(32)24-16-23(29-26(31)21-10-8-19(3)9-11-21)12-13-25(24)30-15-14-20-6-4-5-7-22(20)17-30/h4-13,16,18H,14-15,17H2,1-3H3,(H,28,32)(H,29,31). The number of benzene rings is 3. The largest absolute Gasteiger partial charge is 0.366 e. The highest BCUT2D eigenvalue weighted by molar-refractivity contribution is 6.06. The number of anilines is 2. The van der Waals surface area contributed by atoms with Gasteiger partial charge in [0, 0.05) is 36.1 Å². The second-order valence-corrected chi connectivity index (χ2v) is 8.62. The smallest absolute Gasteiger partial charge is 0.255 e. The molecule has 4 rings (SSSR count). The summed E-state index contributed by atoms with van der Waals surface area (Å²) in [7, 11) is 0. The quantitative estimate of drug-likeness (QED) is 0.606. The molecule has 5 nitrogen and oxygen atoms in total. The van der Waals surface area contributed by atoms with E-state index in [0.29, 0.717) is 16.8 Å². The molecule has 0 aliphatic carbocycles. The van der Waals surface area contributed by atoms with E-state index in [1.807, 2.05) is 45.0 Å². The van der Waals surface area contributed by atoms with Crippen molar-refractivity contribution in [2.24, 2.45) is 0 Å². The number of fused-ring (bicyclic) bond motifs is 1. The third kappa shape index (κ3) is 4.83. The first-order chi connectivity index (χ1) is 15.4. The highest BCUT2D eigenvalue weighted by Gasteiger charge is 2.22. The molecule has 0 spiro atoms. The van der Waals surface area contributed by atoms with Gasteiger partial charge in [-0.15, -0.1) is 0 Å². The zero-order chi connectivity index (χ0) is 22.7. The van der Waals surface area contributed by atoms with Crippen LogP contribution in [-0.4, -0.2) is 24.4 Å². The Kier molecular flexibility index (Phi) is 6.26. The summed E-state index contributed by atoms with van der Waals surface area (Å²) < 4.78 is 0. The second kappa shape index (κ2) is 9.27. The normalized spacial score (nSPS) is 12.9. The summed E-state index contributed by atoms with van der Waals surface area (Å²) in [5.74, 6) is -0.333. The van der Waals surface area contributed by atoms with Crippen molar-refractivity contribution in [1.82, 2.24) is 5.32 Å². The fourth-order valence-electron chi connectivity index (χ4n) is 4.02. The summed E-state index contributed by atoms with van der Waals surface area (Å²) in [6, 6.07) is 21.5. The lowest BCUT2D eigenvalue weighted by Gasteiger charge is -2.32. The van der Waals surface area contributed by atoms with Gasteiger partial charge in [-0.2, -0.15) is 0 Å². The third-order valence-electron chi connectivity index (χ3n) is 5.70. The van der Waals surface area contributed by atoms with Crippen molar-refractivity contribution in [3.05, 3.63) is 94.5 Å². The minimum absolute atomic E-state index is 0.0169. The van der Waals surface area contributed by atoms with Crippen molar-refractivity contribution in [2.45, 2.75) is 39.8 Å². The Morgan fingerprint density at radius 2 is 1.62 bits per heavy atom. The van der Waals surface area contributed by atoms with E-state index in [0.717, 1.165) is 30.8 Å². The first-order valence-corrected chi connectivity index (χ1v) is 11.1. The average molecular weight is 428 g/mol. The van der Waals surface area contributed by atoms with Crippen LogP contribution in [0.3, 0.4) is 0 Å². The predicted octanol–water partition coefficient (Wildman–Crippen LogP) is 4.95. The summed E-state index contributed by atoms with van der Waals surface area (Å²) in [4.78, 5) is 28.0. The van der Waals surface area contributed by atoms with Gasteiger partial charge in [-0.1, -0.05) is 42.0 Å². The molecular weight excluding hydrogens is 398 g/mol. The Labute approximate surface area is 189 Å². The van der Waals surface area contributed by atoms with E-state index in [2.05, 4.69) is 39.8 Å². The molecule has 5 heteroatoms. The molecule has 2 N–H and O–H groups in total. The number of nitrogens with zero attached hydrogens (tertiary/aromatic N) is 1. The summed E-state index contributed by atoms with van der Waals surface area (Å²) in [5.41, 5.74) is 6.38. The van der Waals surface area contributed by atoms with E-state index in [1.165, 1.54) is 11.1 Å². The lowest BCUT2D eigenvalue weighted by molar-refractivity contribution is 0.0942. The van der Waals surface area contributed by atoms with E-state index in [4.69, 9.17) is 0 Å². The van der Waals surface area contributed by atoms with Crippen LogP contribution in [0.1, 0.15) is 51.3 Å². The summed E-state index contributed by atoms with van der Waals surface area (Å²) in [5, 5.41) is 5.93. The maximum Gasteiger partial charge on any atom is 0.255 e. The molecule has 0 bridgehead atoms. The Morgan fingerprint density at radius 1 is 0.906 bits per heavy atom. The monoisotopic (exact) mass is 427 g/mol. The highest BCUT2D eigenvalue weighted by Crippen LogP contribution is 2.30. The predicted molar refractivity (Wildman–Crippen MR) is 129 cm³/mol. The van der Waals surface area contributed by atoms with Crippen LogP contribution in [0.15, 0.2) is 66.7 Å². The van der Waals surface area contributed by atoms with Crippen molar-refractivity contribution in [1.29, 1.82) is 0 Å². The van der Waals surface area contributed by atoms with E-state index < -0.39 is 0 Å². The molecule has 0 aromatic heterocycles. The number of hydrogen-bond acceptors (Lipinski definition) is 3. The summed E-state index contributed by atoms with van der Waals surface area (Å²) >= 11 is 0. The Morgan fingerprint density at radius 3 is 2.34 bits per heavy atom. The van der Waals surface area contributed by atoms with Gasteiger partial charge in [0.2, 0.25) is 0 Å². The van der Waals surface area contributed by atoms with E-state index in [-0.39, 0.29) is 17.9 Å². The van der Waals surface area contributed by atoms with Gasteiger partial charge in [0.25, 0.3) is 11.8 Å². The molecule has 1 heterocycles.